The van der Waals surface area contributed by atoms with Gasteiger partial charge in [-0.2, -0.15) is 13.2 Å². The Labute approximate surface area is 235 Å². The molecule has 210 valence electrons. The van der Waals surface area contributed by atoms with Gasteiger partial charge in [0.1, 0.15) is 5.82 Å². The Kier molecular flexibility index (Phi) is 7.88. The number of alkyl halides is 3. The van der Waals surface area contributed by atoms with E-state index in [1.165, 1.54) is 24.5 Å². The summed E-state index contributed by atoms with van der Waals surface area (Å²) >= 11 is 0. The van der Waals surface area contributed by atoms with Crippen LogP contribution in [0.3, 0.4) is 0 Å². The number of halogens is 3. The molecule has 1 aliphatic rings. The van der Waals surface area contributed by atoms with Crippen molar-refractivity contribution in [2.75, 3.05) is 44.3 Å². The van der Waals surface area contributed by atoms with Crippen LogP contribution in [0.2, 0.25) is 0 Å². The van der Waals surface area contributed by atoms with E-state index in [4.69, 9.17) is 5.73 Å². The molecule has 0 bridgehead atoms. The summed E-state index contributed by atoms with van der Waals surface area (Å²) in [5.74, 6) is 5.78. The van der Waals surface area contributed by atoms with Crippen LogP contribution in [0.15, 0.2) is 55.0 Å². The molecule has 0 unspecified atom stereocenters. The fraction of sp³-hybridized carbons (Fsp3) is 0.267. The standard InChI is InChI=1S/C30H28F3N7O/c1-19-20(5-6-21-16-37-28(34)25-4-3-9-35-27(21)25)14-23(17-36-19)29(41)38-24-8-7-22(26(15-24)30(31,32)33)18-40-12-10-39(2)11-13-40/h3-4,7-9,14-17H,10-13,18H2,1-2H3,(H2,34,37)(H,38,41). The monoisotopic (exact) mass is 559 g/mol. The number of carbonyl (C=O) groups excluding carboxylic acids is 1. The third kappa shape index (κ3) is 6.45. The largest absolute Gasteiger partial charge is 0.416 e. The number of aromatic nitrogens is 3. The van der Waals surface area contributed by atoms with Crippen molar-refractivity contribution in [1.82, 2.24) is 24.8 Å². The zero-order valence-electron chi connectivity index (χ0n) is 22.6. The lowest BCUT2D eigenvalue weighted by Gasteiger charge is -2.33. The molecule has 41 heavy (non-hydrogen) atoms. The van der Waals surface area contributed by atoms with E-state index in [0.717, 1.165) is 19.2 Å². The predicted molar refractivity (Wildman–Crippen MR) is 151 cm³/mol. The number of aryl methyl sites for hydroxylation is 1. The minimum absolute atomic E-state index is 0.0446. The van der Waals surface area contributed by atoms with Gasteiger partial charge in [0.05, 0.1) is 27.9 Å². The number of nitrogens with two attached hydrogens (primary N) is 1. The SMILES string of the molecule is Cc1ncc(C(=O)Nc2ccc(CN3CCN(C)CC3)c(C(F)(F)F)c2)cc1C#Cc1cnc(N)c2cccnc12. The molecule has 0 atom stereocenters. The van der Waals surface area contributed by atoms with Gasteiger partial charge in [-0.1, -0.05) is 17.9 Å². The lowest BCUT2D eigenvalue weighted by atomic mass is 10.0. The zero-order valence-corrected chi connectivity index (χ0v) is 22.6. The molecule has 0 aliphatic carbocycles. The highest BCUT2D eigenvalue weighted by atomic mass is 19.4. The van der Waals surface area contributed by atoms with Crippen LogP contribution in [0.25, 0.3) is 10.9 Å². The predicted octanol–water partition coefficient (Wildman–Crippen LogP) is 4.33. The maximum absolute atomic E-state index is 14.0. The summed E-state index contributed by atoms with van der Waals surface area (Å²) < 4.78 is 41.9. The Morgan fingerprint density at radius 2 is 1.78 bits per heavy atom. The van der Waals surface area contributed by atoms with Crippen molar-refractivity contribution in [3.8, 4) is 11.8 Å². The highest BCUT2D eigenvalue weighted by Crippen LogP contribution is 2.34. The van der Waals surface area contributed by atoms with Crippen LogP contribution in [0.5, 0.6) is 0 Å². The number of anilines is 2. The summed E-state index contributed by atoms with van der Waals surface area (Å²) in [4.78, 5) is 30.0. The quantitative estimate of drug-likeness (QED) is 0.359. The van der Waals surface area contributed by atoms with Crippen molar-refractivity contribution >= 4 is 28.3 Å². The Bertz CT molecular complexity index is 1670. The molecule has 1 amide bonds. The second kappa shape index (κ2) is 11.5. The fourth-order valence-electron chi connectivity index (χ4n) is 4.61. The molecule has 11 heteroatoms. The molecule has 8 nitrogen and oxygen atoms in total. The minimum atomic E-state index is -4.56. The second-order valence-corrected chi connectivity index (χ2v) is 9.97. The Balaban J connectivity index is 1.37. The van der Waals surface area contributed by atoms with E-state index in [2.05, 4.69) is 37.0 Å². The molecule has 1 aliphatic heterocycles. The first kappa shape index (κ1) is 28.0. The molecular formula is C30H28F3N7O. The first-order chi connectivity index (χ1) is 19.6. The van der Waals surface area contributed by atoms with E-state index in [-0.39, 0.29) is 23.4 Å². The summed E-state index contributed by atoms with van der Waals surface area (Å²) in [6.07, 6.45) is -0.0345. The van der Waals surface area contributed by atoms with E-state index in [0.29, 0.717) is 46.6 Å². The number of benzene rings is 1. The molecule has 3 aromatic heterocycles. The normalized spacial score (nSPS) is 14.5. The number of carbonyl (C=O) groups is 1. The van der Waals surface area contributed by atoms with Gasteiger partial charge in [0.25, 0.3) is 5.91 Å². The third-order valence-electron chi connectivity index (χ3n) is 7.02. The Morgan fingerprint density at radius 3 is 2.54 bits per heavy atom. The average molecular weight is 560 g/mol. The van der Waals surface area contributed by atoms with Crippen LogP contribution >= 0.6 is 0 Å². The van der Waals surface area contributed by atoms with E-state index < -0.39 is 17.6 Å². The molecule has 0 radical (unpaired) electrons. The average Bonchev–Trinajstić information content (AvgIpc) is 2.95. The number of pyridine rings is 3. The van der Waals surface area contributed by atoms with Gasteiger partial charge in [0.15, 0.2) is 0 Å². The van der Waals surface area contributed by atoms with Gasteiger partial charge in [-0.25, -0.2) is 4.98 Å². The van der Waals surface area contributed by atoms with Gasteiger partial charge in [-0.3, -0.25) is 19.7 Å². The van der Waals surface area contributed by atoms with Crippen molar-refractivity contribution in [2.45, 2.75) is 19.6 Å². The maximum atomic E-state index is 14.0. The van der Waals surface area contributed by atoms with Crippen molar-refractivity contribution in [3.05, 3.63) is 88.5 Å². The molecule has 4 heterocycles. The molecule has 0 saturated carbocycles. The molecule has 0 spiro atoms. The summed E-state index contributed by atoms with van der Waals surface area (Å²) in [7, 11) is 1.99. The van der Waals surface area contributed by atoms with Crippen LogP contribution in [-0.2, 0) is 12.7 Å². The molecule has 1 fully saturated rings. The number of amides is 1. The first-order valence-corrected chi connectivity index (χ1v) is 13.0. The minimum Gasteiger partial charge on any atom is -0.383 e. The number of rotatable bonds is 4. The van der Waals surface area contributed by atoms with Gasteiger partial charge >= 0.3 is 6.18 Å². The smallest absolute Gasteiger partial charge is 0.383 e. The lowest BCUT2D eigenvalue weighted by molar-refractivity contribution is -0.138. The van der Waals surface area contributed by atoms with E-state index >= 15 is 0 Å². The number of hydrogen-bond acceptors (Lipinski definition) is 7. The summed E-state index contributed by atoms with van der Waals surface area (Å²) in [6.45, 7) is 4.93. The van der Waals surface area contributed by atoms with Gasteiger partial charge < -0.3 is 16.0 Å². The van der Waals surface area contributed by atoms with Crippen LogP contribution in [0.4, 0.5) is 24.7 Å². The second-order valence-electron chi connectivity index (χ2n) is 9.97. The Hall–Kier alpha value is -4.53. The topological polar surface area (TPSA) is 100 Å². The van der Waals surface area contributed by atoms with Gasteiger partial charge in [-0.15, -0.1) is 0 Å². The number of likely N-dealkylation sites (N-methyl/N-ethyl adjacent to an activating group) is 1. The molecule has 4 aromatic rings. The summed E-state index contributed by atoms with van der Waals surface area (Å²) in [5.41, 5.74) is 7.78. The Morgan fingerprint density at radius 1 is 1.02 bits per heavy atom. The summed E-state index contributed by atoms with van der Waals surface area (Å²) in [6, 6.07) is 9.02. The van der Waals surface area contributed by atoms with Crippen LogP contribution in [-0.4, -0.2) is 63.9 Å². The van der Waals surface area contributed by atoms with Crippen molar-refractivity contribution in [2.24, 2.45) is 0 Å². The number of piperazine rings is 1. The van der Waals surface area contributed by atoms with E-state index in [1.807, 2.05) is 11.9 Å². The maximum Gasteiger partial charge on any atom is 0.416 e. The number of nitrogens with one attached hydrogen (secondary N) is 1. The van der Waals surface area contributed by atoms with Crippen LogP contribution < -0.4 is 11.1 Å². The van der Waals surface area contributed by atoms with Crippen molar-refractivity contribution in [1.29, 1.82) is 0 Å². The molecule has 1 aromatic carbocycles. The van der Waals surface area contributed by atoms with Gasteiger partial charge in [-0.05, 0) is 49.9 Å². The summed E-state index contributed by atoms with van der Waals surface area (Å²) in [5, 5.41) is 3.25. The lowest BCUT2D eigenvalue weighted by Crippen LogP contribution is -2.44. The van der Waals surface area contributed by atoms with Gasteiger partial charge in [0.2, 0.25) is 0 Å². The number of nitrogen functional groups attached to an aromatic ring is 1. The number of nitrogens with zero attached hydrogens (tertiary/aromatic N) is 5. The molecule has 1 saturated heterocycles. The van der Waals surface area contributed by atoms with Crippen LogP contribution in [0.1, 0.15) is 38.3 Å². The first-order valence-electron chi connectivity index (χ1n) is 13.0. The van der Waals surface area contributed by atoms with E-state index in [1.54, 1.807) is 31.3 Å². The third-order valence-corrected chi connectivity index (χ3v) is 7.02. The van der Waals surface area contributed by atoms with Gasteiger partial charge in [0, 0.05) is 68.0 Å². The van der Waals surface area contributed by atoms with Crippen molar-refractivity contribution in [3.63, 3.8) is 0 Å². The molecule has 3 N–H and O–H groups in total. The number of hydrogen-bond donors (Lipinski definition) is 2. The molecular weight excluding hydrogens is 531 g/mol. The highest BCUT2D eigenvalue weighted by Gasteiger charge is 2.34. The number of fused-ring (bicyclic) bond motifs is 1. The zero-order chi connectivity index (χ0) is 29.1. The van der Waals surface area contributed by atoms with E-state index in [9.17, 15) is 18.0 Å². The van der Waals surface area contributed by atoms with Crippen LogP contribution in [0, 0.1) is 18.8 Å². The molecule has 5 rings (SSSR count). The van der Waals surface area contributed by atoms with Crippen molar-refractivity contribution < 1.29 is 18.0 Å². The fourth-order valence-corrected chi connectivity index (χ4v) is 4.61. The highest BCUT2D eigenvalue weighted by molar-refractivity contribution is 6.04.